The van der Waals surface area contributed by atoms with Gasteiger partial charge >= 0.3 is 5.97 Å². The van der Waals surface area contributed by atoms with Crippen LogP contribution >= 0.6 is 11.6 Å². The number of unbranched alkanes of at least 4 members (excludes halogenated alkanes) is 1. The number of rotatable bonds is 6. The highest BCUT2D eigenvalue weighted by molar-refractivity contribution is 6.30. The van der Waals surface area contributed by atoms with Crippen LogP contribution in [-0.2, 0) is 16.0 Å². The van der Waals surface area contributed by atoms with Gasteiger partial charge in [0.2, 0.25) is 0 Å². The standard InChI is InChI=1S/C19H19ClN2O2/c1-24-19(23)10-6-5-9-16-11-15(20)12-18-21-17(13-22(16)18)14-7-3-2-4-8-14/h2-4,7-8,11-13H,5-6,9-10H2,1H3. The Labute approximate surface area is 146 Å². The molecule has 0 aliphatic heterocycles. The molecule has 3 rings (SSSR count). The number of benzene rings is 1. The van der Waals surface area contributed by atoms with Gasteiger partial charge < -0.3 is 9.14 Å². The third-order valence-corrected chi connectivity index (χ3v) is 4.19. The van der Waals surface area contributed by atoms with Crippen LogP contribution in [0.3, 0.4) is 0 Å². The van der Waals surface area contributed by atoms with Gasteiger partial charge in [0.1, 0.15) is 5.65 Å². The number of pyridine rings is 1. The Morgan fingerprint density at radius 3 is 2.75 bits per heavy atom. The molecule has 0 aliphatic rings. The summed E-state index contributed by atoms with van der Waals surface area (Å²) in [4.78, 5) is 15.9. The van der Waals surface area contributed by atoms with Crippen molar-refractivity contribution < 1.29 is 9.53 Å². The number of esters is 1. The van der Waals surface area contributed by atoms with E-state index in [0.29, 0.717) is 11.4 Å². The van der Waals surface area contributed by atoms with Crippen molar-refractivity contribution >= 4 is 23.2 Å². The first-order valence-electron chi connectivity index (χ1n) is 7.97. The number of aromatic nitrogens is 2. The fourth-order valence-corrected chi connectivity index (χ4v) is 2.96. The quantitative estimate of drug-likeness (QED) is 0.488. The Balaban J connectivity index is 1.82. The molecule has 0 saturated carbocycles. The SMILES string of the molecule is COC(=O)CCCCc1cc(Cl)cc2nc(-c3ccccc3)cn12. The molecular formula is C19H19ClN2O2. The zero-order chi connectivity index (χ0) is 16.9. The van der Waals surface area contributed by atoms with Crippen molar-refractivity contribution in [3.63, 3.8) is 0 Å². The van der Waals surface area contributed by atoms with E-state index in [-0.39, 0.29) is 5.97 Å². The van der Waals surface area contributed by atoms with Crippen molar-refractivity contribution in [1.29, 1.82) is 0 Å². The maximum atomic E-state index is 11.2. The number of carbonyl (C=O) groups excluding carboxylic acids is 1. The molecule has 5 heteroatoms. The zero-order valence-electron chi connectivity index (χ0n) is 13.5. The zero-order valence-corrected chi connectivity index (χ0v) is 14.3. The van der Waals surface area contributed by atoms with E-state index in [1.54, 1.807) is 0 Å². The molecule has 0 aliphatic carbocycles. The van der Waals surface area contributed by atoms with Crippen LogP contribution in [0.25, 0.3) is 16.9 Å². The Morgan fingerprint density at radius 1 is 1.21 bits per heavy atom. The molecule has 0 spiro atoms. The fraction of sp³-hybridized carbons (Fsp3) is 0.263. The average Bonchev–Trinajstić information content (AvgIpc) is 3.03. The van der Waals surface area contributed by atoms with E-state index in [1.165, 1.54) is 7.11 Å². The minimum Gasteiger partial charge on any atom is -0.469 e. The lowest BCUT2D eigenvalue weighted by Crippen LogP contribution is -2.01. The number of imidazole rings is 1. The summed E-state index contributed by atoms with van der Waals surface area (Å²) in [7, 11) is 1.42. The van der Waals surface area contributed by atoms with Crippen molar-refractivity contribution in [1.82, 2.24) is 9.38 Å². The van der Waals surface area contributed by atoms with E-state index in [1.807, 2.05) is 48.7 Å². The van der Waals surface area contributed by atoms with E-state index in [4.69, 9.17) is 11.6 Å². The van der Waals surface area contributed by atoms with Crippen LogP contribution in [0.15, 0.2) is 48.7 Å². The molecule has 1 aromatic carbocycles. The van der Waals surface area contributed by atoms with Crippen LogP contribution in [-0.4, -0.2) is 22.5 Å². The van der Waals surface area contributed by atoms with E-state index >= 15 is 0 Å². The number of hydrogen-bond acceptors (Lipinski definition) is 3. The van der Waals surface area contributed by atoms with Crippen molar-refractivity contribution in [3.8, 4) is 11.3 Å². The van der Waals surface area contributed by atoms with Gasteiger partial charge in [0, 0.05) is 35.0 Å². The lowest BCUT2D eigenvalue weighted by atomic mass is 10.1. The maximum Gasteiger partial charge on any atom is 0.305 e. The fourth-order valence-electron chi connectivity index (χ4n) is 2.74. The molecule has 2 heterocycles. The van der Waals surface area contributed by atoms with Crippen LogP contribution in [0, 0.1) is 0 Å². The maximum absolute atomic E-state index is 11.2. The summed E-state index contributed by atoms with van der Waals surface area (Å²) in [5.74, 6) is -0.166. The second-order valence-corrected chi connectivity index (χ2v) is 6.10. The largest absolute Gasteiger partial charge is 0.469 e. The normalized spacial score (nSPS) is 10.9. The highest BCUT2D eigenvalue weighted by atomic mass is 35.5. The predicted molar refractivity (Wildman–Crippen MR) is 95.2 cm³/mol. The molecule has 0 N–H and O–H groups in total. The van der Waals surface area contributed by atoms with Gasteiger partial charge in [-0.2, -0.15) is 0 Å². The first kappa shape index (κ1) is 16.5. The molecule has 0 unspecified atom stereocenters. The van der Waals surface area contributed by atoms with Gasteiger partial charge in [-0.3, -0.25) is 4.79 Å². The van der Waals surface area contributed by atoms with Gasteiger partial charge in [0.05, 0.1) is 12.8 Å². The summed E-state index contributed by atoms with van der Waals surface area (Å²) < 4.78 is 6.74. The smallest absolute Gasteiger partial charge is 0.305 e. The van der Waals surface area contributed by atoms with Gasteiger partial charge in [0.25, 0.3) is 0 Å². The molecule has 0 atom stereocenters. The average molecular weight is 343 g/mol. The number of methoxy groups -OCH3 is 1. The van der Waals surface area contributed by atoms with Gasteiger partial charge in [-0.1, -0.05) is 41.9 Å². The van der Waals surface area contributed by atoms with Crippen LogP contribution in [0.4, 0.5) is 0 Å². The number of fused-ring (bicyclic) bond motifs is 1. The summed E-state index contributed by atoms with van der Waals surface area (Å²) in [6.07, 6.45) is 5.00. The molecule has 4 nitrogen and oxygen atoms in total. The monoisotopic (exact) mass is 342 g/mol. The Bertz CT molecular complexity index is 843. The Kier molecular flexibility index (Phi) is 5.16. The van der Waals surface area contributed by atoms with Crippen LogP contribution in [0.5, 0.6) is 0 Å². The highest BCUT2D eigenvalue weighted by Gasteiger charge is 2.09. The number of carbonyl (C=O) groups is 1. The van der Waals surface area contributed by atoms with Gasteiger partial charge in [-0.15, -0.1) is 0 Å². The van der Waals surface area contributed by atoms with Crippen molar-refractivity contribution in [2.24, 2.45) is 0 Å². The topological polar surface area (TPSA) is 43.6 Å². The minimum absolute atomic E-state index is 0.166. The van der Waals surface area contributed by atoms with Gasteiger partial charge in [0.15, 0.2) is 0 Å². The summed E-state index contributed by atoms with van der Waals surface area (Å²) in [6.45, 7) is 0. The van der Waals surface area contributed by atoms with E-state index in [9.17, 15) is 4.79 Å². The number of nitrogens with zero attached hydrogens (tertiary/aromatic N) is 2. The summed E-state index contributed by atoms with van der Waals surface area (Å²) >= 11 is 6.24. The second-order valence-electron chi connectivity index (χ2n) is 5.67. The van der Waals surface area contributed by atoms with Gasteiger partial charge in [-0.05, 0) is 25.3 Å². The molecule has 3 aromatic rings. The molecule has 0 radical (unpaired) electrons. The number of aryl methyl sites for hydroxylation is 1. The van der Waals surface area contributed by atoms with Crippen LogP contribution in [0.1, 0.15) is 25.0 Å². The Hall–Kier alpha value is -2.33. The van der Waals surface area contributed by atoms with E-state index in [0.717, 1.165) is 41.9 Å². The van der Waals surface area contributed by atoms with Crippen LogP contribution < -0.4 is 0 Å². The lowest BCUT2D eigenvalue weighted by Gasteiger charge is -2.06. The molecule has 0 bridgehead atoms. The van der Waals surface area contributed by atoms with Crippen molar-refractivity contribution in [3.05, 3.63) is 59.4 Å². The molecule has 0 amide bonds. The molecule has 124 valence electrons. The first-order valence-corrected chi connectivity index (χ1v) is 8.35. The predicted octanol–water partition coefficient (Wildman–Crippen LogP) is 4.54. The van der Waals surface area contributed by atoms with Crippen molar-refractivity contribution in [2.45, 2.75) is 25.7 Å². The number of ether oxygens (including phenoxy) is 1. The lowest BCUT2D eigenvalue weighted by molar-refractivity contribution is -0.140. The molecule has 2 aromatic heterocycles. The molecule has 0 saturated heterocycles. The molecule has 24 heavy (non-hydrogen) atoms. The minimum atomic E-state index is -0.166. The second kappa shape index (κ2) is 7.49. The summed E-state index contributed by atoms with van der Waals surface area (Å²) in [5.41, 5.74) is 3.93. The molecule has 0 fully saturated rings. The van der Waals surface area contributed by atoms with Crippen LogP contribution in [0.2, 0.25) is 5.02 Å². The van der Waals surface area contributed by atoms with E-state index in [2.05, 4.69) is 14.1 Å². The summed E-state index contributed by atoms with van der Waals surface area (Å²) in [6, 6.07) is 13.9. The van der Waals surface area contributed by atoms with Crippen molar-refractivity contribution in [2.75, 3.05) is 7.11 Å². The molecular weight excluding hydrogens is 324 g/mol. The first-order chi connectivity index (χ1) is 11.7. The Morgan fingerprint density at radius 2 is 2.00 bits per heavy atom. The van der Waals surface area contributed by atoms with Gasteiger partial charge in [-0.25, -0.2) is 4.98 Å². The number of hydrogen-bond donors (Lipinski definition) is 0. The third-order valence-electron chi connectivity index (χ3n) is 3.98. The highest BCUT2D eigenvalue weighted by Crippen LogP contribution is 2.23. The third kappa shape index (κ3) is 3.77. The summed E-state index contributed by atoms with van der Waals surface area (Å²) in [5, 5.41) is 0.677. The van der Waals surface area contributed by atoms with E-state index < -0.39 is 0 Å². The number of halogens is 1.